The summed E-state index contributed by atoms with van der Waals surface area (Å²) in [6, 6.07) is 10.0. The van der Waals surface area contributed by atoms with Crippen LogP contribution in [0, 0.1) is 5.92 Å². The van der Waals surface area contributed by atoms with Gasteiger partial charge in [-0.25, -0.2) is 8.78 Å². The SMILES string of the molecule is OCCC1CC(NCC(F)F)CN(c2ccccc2)C1. The third-order valence-electron chi connectivity index (χ3n) is 3.76. The summed E-state index contributed by atoms with van der Waals surface area (Å²) in [5, 5.41) is 12.1. The maximum Gasteiger partial charge on any atom is 0.250 e. The lowest BCUT2D eigenvalue weighted by Crippen LogP contribution is -2.50. The molecule has 1 aromatic rings. The Balaban J connectivity index is 2.00. The Morgan fingerprint density at radius 3 is 2.65 bits per heavy atom. The number of aliphatic hydroxyl groups excluding tert-OH is 1. The van der Waals surface area contributed by atoms with Crippen LogP contribution in [0.1, 0.15) is 12.8 Å². The summed E-state index contributed by atoms with van der Waals surface area (Å²) in [4.78, 5) is 2.22. The van der Waals surface area contributed by atoms with E-state index in [0.717, 1.165) is 31.6 Å². The fourth-order valence-corrected chi connectivity index (χ4v) is 2.85. The number of halogens is 2. The van der Waals surface area contributed by atoms with E-state index in [-0.39, 0.29) is 19.2 Å². The first kappa shape index (κ1) is 15.2. The molecule has 1 fully saturated rings. The highest BCUT2D eigenvalue weighted by Crippen LogP contribution is 2.25. The van der Waals surface area contributed by atoms with Gasteiger partial charge in [0, 0.05) is 31.4 Å². The quantitative estimate of drug-likeness (QED) is 0.840. The Kier molecular flexibility index (Phi) is 5.73. The summed E-state index contributed by atoms with van der Waals surface area (Å²) in [5.74, 6) is 0.337. The first-order valence-corrected chi connectivity index (χ1v) is 7.11. The molecular formula is C15H22F2N2O. The van der Waals surface area contributed by atoms with Crippen molar-refractivity contribution in [3.63, 3.8) is 0 Å². The zero-order chi connectivity index (χ0) is 14.4. The van der Waals surface area contributed by atoms with E-state index in [9.17, 15) is 8.78 Å². The molecule has 2 unspecified atom stereocenters. The van der Waals surface area contributed by atoms with Gasteiger partial charge in [-0.15, -0.1) is 0 Å². The van der Waals surface area contributed by atoms with Crippen LogP contribution in [0.25, 0.3) is 0 Å². The van der Waals surface area contributed by atoms with E-state index >= 15 is 0 Å². The van der Waals surface area contributed by atoms with Crippen molar-refractivity contribution in [1.29, 1.82) is 0 Å². The number of anilines is 1. The van der Waals surface area contributed by atoms with Gasteiger partial charge in [-0.3, -0.25) is 0 Å². The fourth-order valence-electron chi connectivity index (χ4n) is 2.85. The van der Waals surface area contributed by atoms with Gasteiger partial charge < -0.3 is 15.3 Å². The van der Waals surface area contributed by atoms with Crippen LogP contribution >= 0.6 is 0 Å². The third-order valence-corrected chi connectivity index (χ3v) is 3.76. The summed E-state index contributed by atoms with van der Waals surface area (Å²) < 4.78 is 24.7. The van der Waals surface area contributed by atoms with Crippen LogP contribution in [-0.4, -0.2) is 43.8 Å². The van der Waals surface area contributed by atoms with Crippen LogP contribution in [0.15, 0.2) is 30.3 Å². The van der Waals surface area contributed by atoms with E-state index < -0.39 is 6.43 Å². The molecular weight excluding hydrogens is 262 g/mol. The lowest BCUT2D eigenvalue weighted by atomic mass is 9.91. The molecule has 2 N–H and O–H groups in total. The van der Waals surface area contributed by atoms with Gasteiger partial charge in [-0.1, -0.05) is 18.2 Å². The van der Waals surface area contributed by atoms with Crippen LogP contribution in [0.5, 0.6) is 0 Å². The zero-order valence-corrected chi connectivity index (χ0v) is 11.5. The highest BCUT2D eigenvalue weighted by atomic mass is 19.3. The minimum Gasteiger partial charge on any atom is -0.396 e. The van der Waals surface area contributed by atoms with Gasteiger partial charge in [0.15, 0.2) is 0 Å². The number of hydrogen-bond donors (Lipinski definition) is 2. The second-order valence-corrected chi connectivity index (χ2v) is 5.35. The van der Waals surface area contributed by atoms with Gasteiger partial charge in [0.05, 0.1) is 6.54 Å². The summed E-state index contributed by atoms with van der Waals surface area (Å²) >= 11 is 0. The normalized spacial score (nSPS) is 23.3. The van der Waals surface area contributed by atoms with Crippen LogP contribution in [-0.2, 0) is 0 Å². The number of rotatable bonds is 6. The molecule has 0 spiro atoms. The number of aliphatic hydroxyl groups is 1. The molecule has 2 rings (SSSR count). The van der Waals surface area contributed by atoms with E-state index in [1.54, 1.807) is 0 Å². The molecule has 5 heteroatoms. The van der Waals surface area contributed by atoms with Crippen molar-refractivity contribution in [3.05, 3.63) is 30.3 Å². The molecule has 2 atom stereocenters. The number of benzene rings is 1. The predicted molar refractivity (Wildman–Crippen MR) is 76.3 cm³/mol. The minimum atomic E-state index is -2.32. The standard InChI is InChI=1S/C15H22F2N2O/c16-15(17)9-18-13-8-12(6-7-20)10-19(11-13)14-4-2-1-3-5-14/h1-5,12-13,15,18,20H,6-11H2. The van der Waals surface area contributed by atoms with Crippen LogP contribution in [0.2, 0.25) is 0 Å². The smallest absolute Gasteiger partial charge is 0.250 e. The van der Waals surface area contributed by atoms with Crippen LogP contribution < -0.4 is 10.2 Å². The molecule has 1 saturated heterocycles. The zero-order valence-electron chi connectivity index (χ0n) is 11.5. The van der Waals surface area contributed by atoms with E-state index in [1.807, 2.05) is 30.3 Å². The summed E-state index contributed by atoms with van der Waals surface area (Å²) in [5.41, 5.74) is 1.11. The molecule has 0 amide bonds. The van der Waals surface area contributed by atoms with Crippen molar-refractivity contribution in [3.8, 4) is 0 Å². The third kappa shape index (κ3) is 4.42. The highest BCUT2D eigenvalue weighted by molar-refractivity contribution is 5.46. The van der Waals surface area contributed by atoms with Gasteiger partial charge in [0.2, 0.25) is 0 Å². The fraction of sp³-hybridized carbons (Fsp3) is 0.600. The first-order valence-electron chi connectivity index (χ1n) is 7.11. The van der Waals surface area contributed by atoms with Gasteiger partial charge in [-0.05, 0) is 30.9 Å². The summed E-state index contributed by atoms with van der Waals surface area (Å²) in [6.07, 6.45) is -0.759. The maximum atomic E-state index is 12.3. The molecule has 1 aliphatic heterocycles. The Morgan fingerprint density at radius 1 is 1.25 bits per heavy atom. The molecule has 0 bridgehead atoms. The highest BCUT2D eigenvalue weighted by Gasteiger charge is 2.27. The lowest BCUT2D eigenvalue weighted by Gasteiger charge is -2.39. The van der Waals surface area contributed by atoms with E-state index in [0.29, 0.717) is 5.92 Å². The Labute approximate surface area is 118 Å². The van der Waals surface area contributed by atoms with E-state index in [1.165, 1.54) is 0 Å². The summed E-state index contributed by atoms with van der Waals surface area (Å²) in [6.45, 7) is 1.49. The van der Waals surface area contributed by atoms with Gasteiger partial charge in [0.25, 0.3) is 6.43 Å². The Morgan fingerprint density at radius 2 is 2.00 bits per heavy atom. The number of alkyl halides is 2. The van der Waals surface area contributed by atoms with Crippen molar-refractivity contribution >= 4 is 5.69 Å². The lowest BCUT2D eigenvalue weighted by molar-refractivity contribution is 0.136. The van der Waals surface area contributed by atoms with Crippen molar-refractivity contribution in [1.82, 2.24) is 5.32 Å². The molecule has 0 aliphatic carbocycles. The number of nitrogens with zero attached hydrogens (tertiary/aromatic N) is 1. The molecule has 112 valence electrons. The number of para-hydroxylation sites is 1. The molecule has 1 aliphatic rings. The average molecular weight is 284 g/mol. The molecule has 1 aromatic carbocycles. The second kappa shape index (κ2) is 7.55. The first-order chi connectivity index (χ1) is 9.69. The van der Waals surface area contributed by atoms with Crippen LogP contribution in [0.3, 0.4) is 0 Å². The predicted octanol–water partition coefficient (Wildman–Crippen LogP) is 2.12. The monoisotopic (exact) mass is 284 g/mol. The van der Waals surface area contributed by atoms with Crippen molar-refractivity contribution in [2.75, 3.05) is 31.1 Å². The Hall–Kier alpha value is -1.20. The minimum absolute atomic E-state index is 0.0505. The van der Waals surface area contributed by atoms with Gasteiger partial charge in [0.1, 0.15) is 0 Å². The largest absolute Gasteiger partial charge is 0.396 e. The molecule has 20 heavy (non-hydrogen) atoms. The van der Waals surface area contributed by atoms with Crippen molar-refractivity contribution < 1.29 is 13.9 Å². The topological polar surface area (TPSA) is 35.5 Å². The molecule has 1 heterocycles. The average Bonchev–Trinajstić information content (AvgIpc) is 2.46. The van der Waals surface area contributed by atoms with E-state index in [2.05, 4.69) is 10.2 Å². The number of piperidine rings is 1. The van der Waals surface area contributed by atoms with Gasteiger partial charge in [-0.2, -0.15) is 0 Å². The summed E-state index contributed by atoms with van der Waals surface area (Å²) in [7, 11) is 0. The molecule has 0 aromatic heterocycles. The molecule has 3 nitrogen and oxygen atoms in total. The molecule has 0 saturated carbocycles. The Bertz CT molecular complexity index is 389. The van der Waals surface area contributed by atoms with Crippen molar-refractivity contribution in [2.45, 2.75) is 25.3 Å². The van der Waals surface area contributed by atoms with Crippen LogP contribution in [0.4, 0.5) is 14.5 Å². The van der Waals surface area contributed by atoms with E-state index in [4.69, 9.17) is 5.11 Å². The number of hydrogen-bond acceptors (Lipinski definition) is 3. The maximum absolute atomic E-state index is 12.3. The molecule has 0 radical (unpaired) electrons. The second-order valence-electron chi connectivity index (χ2n) is 5.35. The van der Waals surface area contributed by atoms with Crippen molar-refractivity contribution in [2.24, 2.45) is 5.92 Å². The number of nitrogens with one attached hydrogen (secondary N) is 1. The van der Waals surface area contributed by atoms with Gasteiger partial charge >= 0.3 is 0 Å².